The second kappa shape index (κ2) is 8.15. The predicted octanol–water partition coefficient (Wildman–Crippen LogP) is 7.09. The van der Waals surface area contributed by atoms with E-state index in [4.69, 9.17) is 4.98 Å². The number of hydrogen-bond donors (Lipinski definition) is 1. The molecule has 152 valence electrons. The molecule has 0 atom stereocenters. The van der Waals surface area contributed by atoms with Gasteiger partial charge < -0.3 is 4.98 Å². The van der Waals surface area contributed by atoms with Gasteiger partial charge in [0.2, 0.25) is 0 Å². The van der Waals surface area contributed by atoms with Gasteiger partial charge in [0.05, 0.1) is 22.1 Å². The van der Waals surface area contributed by atoms with E-state index in [1.165, 1.54) is 11.1 Å². The maximum atomic E-state index is 5.05. The largest absolute Gasteiger partial charge is 0.337 e. The van der Waals surface area contributed by atoms with E-state index in [1.807, 2.05) is 38.4 Å². The lowest BCUT2D eigenvalue weighted by Crippen LogP contribution is -1.93. The molecule has 0 amide bonds. The average molecular weight is 405 g/mol. The third-order valence-corrected chi connectivity index (χ3v) is 5.61. The average Bonchev–Trinajstić information content (AvgIpc) is 3.32. The Hall–Kier alpha value is -3.79. The van der Waals surface area contributed by atoms with Crippen molar-refractivity contribution in [1.82, 2.24) is 19.9 Å². The first-order valence-corrected chi connectivity index (χ1v) is 10.9. The monoisotopic (exact) mass is 404 g/mol. The first-order valence-electron chi connectivity index (χ1n) is 10.9. The van der Waals surface area contributed by atoms with Gasteiger partial charge in [-0.2, -0.15) is 0 Å². The van der Waals surface area contributed by atoms with Gasteiger partial charge in [-0.25, -0.2) is 4.98 Å². The maximum Gasteiger partial charge on any atom is 0.139 e. The fourth-order valence-electron chi connectivity index (χ4n) is 4.27. The number of allylic oxidation sites excluding steroid dienone is 4. The Kier molecular flexibility index (Phi) is 5.04. The second-order valence-corrected chi connectivity index (χ2v) is 7.31. The van der Waals surface area contributed by atoms with Gasteiger partial charge in [-0.05, 0) is 48.2 Å². The minimum Gasteiger partial charge on any atom is -0.337 e. The minimum atomic E-state index is 0.882. The van der Waals surface area contributed by atoms with E-state index >= 15 is 0 Å². The molecular weight excluding hydrogens is 380 g/mol. The molecule has 1 N–H and O–H groups in total. The molecule has 31 heavy (non-hydrogen) atoms. The van der Waals surface area contributed by atoms with E-state index < -0.39 is 0 Å². The summed E-state index contributed by atoms with van der Waals surface area (Å²) in [5.74, 6) is 0.882. The van der Waals surface area contributed by atoms with Crippen LogP contribution < -0.4 is 0 Å². The maximum absolute atomic E-state index is 5.05. The summed E-state index contributed by atoms with van der Waals surface area (Å²) < 4.78 is 0. The molecule has 0 saturated heterocycles. The topological polar surface area (TPSA) is 54.5 Å². The fraction of sp³-hybridized carbons (Fsp3) is 0.148. The first kappa shape index (κ1) is 19.2. The van der Waals surface area contributed by atoms with Crippen molar-refractivity contribution in [2.24, 2.45) is 0 Å². The third kappa shape index (κ3) is 3.21. The highest BCUT2D eigenvalue weighted by Gasteiger charge is 2.17. The third-order valence-electron chi connectivity index (χ3n) is 5.61. The van der Waals surface area contributed by atoms with Crippen LogP contribution in [0.25, 0.3) is 49.8 Å². The van der Waals surface area contributed by atoms with Crippen molar-refractivity contribution in [3.63, 3.8) is 0 Å². The highest BCUT2D eigenvalue weighted by Crippen LogP contribution is 2.36. The van der Waals surface area contributed by atoms with Crippen molar-refractivity contribution in [3.05, 3.63) is 84.7 Å². The van der Waals surface area contributed by atoms with E-state index in [0.717, 1.165) is 57.1 Å². The number of rotatable bonds is 2. The summed E-state index contributed by atoms with van der Waals surface area (Å²) in [6, 6.07) is 16.6. The van der Waals surface area contributed by atoms with Gasteiger partial charge >= 0.3 is 0 Å². The van der Waals surface area contributed by atoms with E-state index in [9.17, 15) is 0 Å². The number of aromatic amines is 1. The van der Waals surface area contributed by atoms with Crippen LogP contribution in [-0.4, -0.2) is 19.9 Å². The number of nitrogens with one attached hydrogen (secondary N) is 1. The normalized spacial score (nSPS) is 13.3. The fourth-order valence-corrected chi connectivity index (χ4v) is 4.27. The molecule has 6 rings (SSSR count). The standard InChI is InChI=1S/C25H18N4.C2H6/c1-2-8-16(9-3-1)17-10-4-5-11-18(17)25-28-23-19-12-6-14-26-21(19)22-20(24(23)29-25)13-7-15-27-22;1-2/h1-2,4-8,10-15H,3,9H2,(H,28,29);1-2H3. The molecular formula is C27H24N4. The SMILES string of the molecule is C1=CCCC(c2ccccc2-c2nc3c4cccnc4c4ncccc4c3[nH]2)=C1.CC. The molecule has 2 aromatic carbocycles. The minimum absolute atomic E-state index is 0.882. The Balaban J connectivity index is 0.000000994. The molecule has 3 heterocycles. The molecule has 0 bridgehead atoms. The molecule has 4 nitrogen and oxygen atoms in total. The predicted molar refractivity (Wildman–Crippen MR) is 130 cm³/mol. The zero-order valence-electron chi connectivity index (χ0n) is 17.8. The molecule has 1 aliphatic rings. The lowest BCUT2D eigenvalue weighted by molar-refractivity contribution is 1.05. The summed E-state index contributed by atoms with van der Waals surface area (Å²) in [6.45, 7) is 4.00. The number of pyridine rings is 2. The van der Waals surface area contributed by atoms with Crippen LogP contribution in [0, 0.1) is 0 Å². The molecule has 0 fully saturated rings. The number of H-pyrrole nitrogens is 1. The van der Waals surface area contributed by atoms with Crippen molar-refractivity contribution in [3.8, 4) is 11.4 Å². The van der Waals surface area contributed by atoms with Crippen molar-refractivity contribution in [2.75, 3.05) is 0 Å². The highest BCUT2D eigenvalue weighted by molar-refractivity contribution is 6.21. The summed E-state index contributed by atoms with van der Waals surface area (Å²) in [4.78, 5) is 17.9. The van der Waals surface area contributed by atoms with Gasteiger partial charge in [0, 0.05) is 28.7 Å². The lowest BCUT2D eigenvalue weighted by Gasteiger charge is -2.12. The number of aromatic nitrogens is 4. The van der Waals surface area contributed by atoms with Crippen molar-refractivity contribution >= 4 is 38.4 Å². The zero-order valence-corrected chi connectivity index (χ0v) is 17.8. The Labute approximate surface area is 181 Å². The number of fused-ring (bicyclic) bond motifs is 6. The van der Waals surface area contributed by atoms with Crippen molar-refractivity contribution < 1.29 is 0 Å². The molecule has 1 aliphatic carbocycles. The Morgan fingerprint density at radius 2 is 1.48 bits per heavy atom. The number of hydrogen-bond acceptors (Lipinski definition) is 3. The molecule has 0 spiro atoms. The van der Waals surface area contributed by atoms with Crippen LogP contribution in [0.4, 0.5) is 0 Å². The van der Waals surface area contributed by atoms with E-state index in [-0.39, 0.29) is 0 Å². The van der Waals surface area contributed by atoms with Crippen molar-refractivity contribution in [1.29, 1.82) is 0 Å². The van der Waals surface area contributed by atoms with Gasteiger partial charge in [-0.1, -0.05) is 56.3 Å². The summed E-state index contributed by atoms with van der Waals surface area (Å²) in [5.41, 5.74) is 7.45. The Morgan fingerprint density at radius 3 is 2.23 bits per heavy atom. The van der Waals surface area contributed by atoms with Crippen LogP contribution >= 0.6 is 0 Å². The smallest absolute Gasteiger partial charge is 0.139 e. The van der Waals surface area contributed by atoms with Crippen LogP contribution in [0.2, 0.25) is 0 Å². The van der Waals surface area contributed by atoms with Gasteiger partial charge in [0.15, 0.2) is 0 Å². The molecule has 4 heteroatoms. The van der Waals surface area contributed by atoms with Crippen molar-refractivity contribution in [2.45, 2.75) is 26.7 Å². The summed E-state index contributed by atoms with van der Waals surface area (Å²) in [6.07, 6.45) is 12.3. The molecule has 0 radical (unpaired) electrons. The van der Waals surface area contributed by atoms with Crippen LogP contribution in [0.15, 0.2) is 79.2 Å². The van der Waals surface area contributed by atoms with E-state index in [1.54, 1.807) is 0 Å². The van der Waals surface area contributed by atoms with Crippen LogP contribution in [-0.2, 0) is 0 Å². The van der Waals surface area contributed by atoms with Crippen LogP contribution in [0.5, 0.6) is 0 Å². The molecule has 3 aromatic heterocycles. The van der Waals surface area contributed by atoms with E-state index in [0.29, 0.717) is 0 Å². The quantitative estimate of drug-likeness (QED) is 0.320. The summed E-state index contributed by atoms with van der Waals surface area (Å²) in [7, 11) is 0. The lowest BCUT2D eigenvalue weighted by atomic mass is 9.93. The Morgan fingerprint density at radius 1 is 0.774 bits per heavy atom. The second-order valence-electron chi connectivity index (χ2n) is 7.31. The number of imidazole rings is 1. The van der Waals surface area contributed by atoms with E-state index in [2.05, 4.69) is 69.6 Å². The first-order chi connectivity index (χ1) is 15.4. The van der Waals surface area contributed by atoms with Gasteiger partial charge in [-0.15, -0.1) is 0 Å². The van der Waals surface area contributed by atoms with Crippen LogP contribution in [0.1, 0.15) is 32.3 Å². The van der Waals surface area contributed by atoms with Crippen LogP contribution in [0.3, 0.4) is 0 Å². The molecule has 5 aromatic rings. The molecule has 0 unspecified atom stereocenters. The van der Waals surface area contributed by atoms with Gasteiger partial charge in [-0.3, -0.25) is 9.97 Å². The number of nitrogens with zero attached hydrogens (tertiary/aromatic N) is 3. The zero-order chi connectivity index (χ0) is 21.2. The number of benzene rings is 2. The Bertz CT molecular complexity index is 1380. The molecule has 0 aliphatic heterocycles. The van der Waals surface area contributed by atoms with Gasteiger partial charge in [0.1, 0.15) is 5.82 Å². The molecule has 0 saturated carbocycles. The summed E-state index contributed by atoms with van der Waals surface area (Å²) >= 11 is 0. The summed E-state index contributed by atoms with van der Waals surface area (Å²) in [5, 5.41) is 2.07. The highest BCUT2D eigenvalue weighted by atomic mass is 14.9. The van der Waals surface area contributed by atoms with Gasteiger partial charge in [0.25, 0.3) is 0 Å².